The molecule has 1 aromatic heterocycles. The van der Waals surface area contributed by atoms with Crippen LogP contribution in [0.4, 0.5) is 0 Å². The molecule has 0 radical (unpaired) electrons. The lowest BCUT2D eigenvalue weighted by Gasteiger charge is -1.90. The van der Waals surface area contributed by atoms with Crippen LogP contribution in [0.3, 0.4) is 0 Å². The molecule has 0 spiro atoms. The number of hydrogen-bond acceptors (Lipinski definition) is 2. The molecule has 11 heavy (non-hydrogen) atoms. The molecule has 0 N–H and O–H groups in total. The van der Waals surface area contributed by atoms with Crippen LogP contribution in [0.15, 0.2) is 19.0 Å². The molecule has 0 aliphatic heterocycles. The second-order valence-corrected chi connectivity index (χ2v) is 2.06. The van der Waals surface area contributed by atoms with E-state index >= 15 is 0 Å². The Morgan fingerprint density at radius 2 is 2.55 bits per heavy atom. The van der Waals surface area contributed by atoms with E-state index in [1.54, 1.807) is 10.9 Å². The van der Waals surface area contributed by atoms with Crippen LogP contribution >= 0.6 is 0 Å². The number of nitrogens with zero attached hydrogens (tertiary/aromatic N) is 3. The highest BCUT2D eigenvalue weighted by atomic mass is 15.3. The van der Waals surface area contributed by atoms with Gasteiger partial charge in [0.15, 0.2) is 5.82 Å². The van der Waals surface area contributed by atoms with E-state index in [1.807, 2.05) is 12.2 Å². The SMILES string of the molecule is C=Cn1ncnc1/C=C\CC. The Bertz CT molecular complexity index is 260. The molecule has 0 fully saturated rings. The summed E-state index contributed by atoms with van der Waals surface area (Å²) in [7, 11) is 0. The van der Waals surface area contributed by atoms with E-state index in [0.717, 1.165) is 12.2 Å². The Labute approximate surface area is 66.1 Å². The first-order chi connectivity index (χ1) is 5.38. The van der Waals surface area contributed by atoms with Gasteiger partial charge in [-0.05, 0) is 12.5 Å². The number of aromatic nitrogens is 3. The van der Waals surface area contributed by atoms with Gasteiger partial charge in [0, 0.05) is 6.20 Å². The van der Waals surface area contributed by atoms with Crippen molar-refractivity contribution in [3.8, 4) is 0 Å². The van der Waals surface area contributed by atoms with E-state index in [9.17, 15) is 0 Å². The second kappa shape index (κ2) is 3.71. The van der Waals surface area contributed by atoms with Gasteiger partial charge in [-0.25, -0.2) is 9.67 Å². The first-order valence-corrected chi connectivity index (χ1v) is 3.57. The molecular formula is C8H11N3. The summed E-state index contributed by atoms with van der Waals surface area (Å²) in [6, 6.07) is 0. The van der Waals surface area contributed by atoms with Gasteiger partial charge < -0.3 is 0 Å². The number of hydrogen-bond donors (Lipinski definition) is 0. The molecule has 0 amide bonds. The summed E-state index contributed by atoms with van der Waals surface area (Å²) in [5.74, 6) is 0.821. The predicted octanol–water partition coefficient (Wildman–Crippen LogP) is 1.80. The molecule has 1 heterocycles. The van der Waals surface area contributed by atoms with Crippen molar-refractivity contribution in [3.05, 3.63) is 24.8 Å². The Morgan fingerprint density at radius 3 is 3.18 bits per heavy atom. The van der Waals surface area contributed by atoms with Crippen LogP contribution in [-0.4, -0.2) is 14.8 Å². The first kappa shape index (κ1) is 7.72. The Kier molecular flexibility index (Phi) is 2.60. The summed E-state index contributed by atoms with van der Waals surface area (Å²) < 4.78 is 1.63. The van der Waals surface area contributed by atoms with Crippen molar-refractivity contribution >= 4 is 12.3 Å². The molecule has 0 unspecified atom stereocenters. The van der Waals surface area contributed by atoms with Crippen LogP contribution in [0.25, 0.3) is 12.3 Å². The molecule has 0 aromatic carbocycles. The van der Waals surface area contributed by atoms with Gasteiger partial charge >= 0.3 is 0 Å². The fourth-order valence-electron chi connectivity index (χ4n) is 0.742. The molecule has 1 aromatic rings. The monoisotopic (exact) mass is 149 g/mol. The third-order valence-corrected chi connectivity index (χ3v) is 1.28. The van der Waals surface area contributed by atoms with Crippen molar-refractivity contribution in [1.82, 2.24) is 14.8 Å². The normalized spacial score (nSPS) is 10.6. The Morgan fingerprint density at radius 1 is 1.73 bits per heavy atom. The van der Waals surface area contributed by atoms with Gasteiger partial charge in [-0.3, -0.25) is 0 Å². The van der Waals surface area contributed by atoms with Crippen LogP contribution in [0.5, 0.6) is 0 Å². The van der Waals surface area contributed by atoms with Crippen molar-refractivity contribution < 1.29 is 0 Å². The molecular weight excluding hydrogens is 138 g/mol. The van der Waals surface area contributed by atoms with E-state index in [-0.39, 0.29) is 0 Å². The maximum atomic E-state index is 4.02. The summed E-state index contributed by atoms with van der Waals surface area (Å²) in [6.45, 7) is 5.67. The summed E-state index contributed by atoms with van der Waals surface area (Å²) in [4.78, 5) is 4.02. The summed E-state index contributed by atoms with van der Waals surface area (Å²) >= 11 is 0. The van der Waals surface area contributed by atoms with Gasteiger partial charge in [-0.15, -0.1) is 0 Å². The van der Waals surface area contributed by atoms with Gasteiger partial charge in [-0.2, -0.15) is 5.10 Å². The first-order valence-electron chi connectivity index (χ1n) is 3.57. The topological polar surface area (TPSA) is 30.7 Å². The second-order valence-electron chi connectivity index (χ2n) is 2.06. The smallest absolute Gasteiger partial charge is 0.154 e. The van der Waals surface area contributed by atoms with Crippen molar-refractivity contribution in [1.29, 1.82) is 0 Å². The van der Waals surface area contributed by atoms with Gasteiger partial charge in [0.2, 0.25) is 0 Å². The zero-order valence-electron chi connectivity index (χ0n) is 6.57. The molecule has 0 aliphatic carbocycles. The molecule has 0 aliphatic rings. The highest BCUT2D eigenvalue weighted by molar-refractivity contribution is 5.42. The molecule has 3 heteroatoms. The minimum atomic E-state index is 0.821. The molecule has 3 nitrogen and oxygen atoms in total. The average Bonchev–Trinajstić information content (AvgIpc) is 2.47. The van der Waals surface area contributed by atoms with Gasteiger partial charge in [-0.1, -0.05) is 19.6 Å². The van der Waals surface area contributed by atoms with Crippen LogP contribution in [0.2, 0.25) is 0 Å². The van der Waals surface area contributed by atoms with E-state index in [4.69, 9.17) is 0 Å². The number of allylic oxidation sites excluding steroid dienone is 1. The number of rotatable bonds is 3. The van der Waals surface area contributed by atoms with Crippen LogP contribution in [-0.2, 0) is 0 Å². The Balaban J connectivity index is 2.84. The maximum absolute atomic E-state index is 4.02. The fourth-order valence-corrected chi connectivity index (χ4v) is 0.742. The summed E-state index contributed by atoms with van der Waals surface area (Å²) in [5.41, 5.74) is 0. The zero-order valence-corrected chi connectivity index (χ0v) is 6.57. The van der Waals surface area contributed by atoms with E-state index in [2.05, 4.69) is 23.6 Å². The van der Waals surface area contributed by atoms with Crippen molar-refractivity contribution in [3.63, 3.8) is 0 Å². The molecule has 1 rings (SSSR count). The van der Waals surface area contributed by atoms with Gasteiger partial charge in [0.25, 0.3) is 0 Å². The largest absolute Gasteiger partial charge is 0.222 e. The fraction of sp³-hybridized carbons (Fsp3) is 0.250. The average molecular weight is 149 g/mol. The predicted molar refractivity (Wildman–Crippen MR) is 45.7 cm³/mol. The molecule has 0 saturated heterocycles. The zero-order chi connectivity index (χ0) is 8.10. The Hall–Kier alpha value is -1.38. The summed E-state index contributed by atoms with van der Waals surface area (Å²) in [6.07, 6.45) is 8.10. The molecule has 0 atom stereocenters. The minimum absolute atomic E-state index is 0.821. The van der Waals surface area contributed by atoms with Crippen molar-refractivity contribution in [2.45, 2.75) is 13.3 Å². The van der Waals surface area contributed by atoms with E-state index < -0.39 is 0 Å². The highest BCUT2D eigenvalue weighted by Gasteiger charge is 1.93. The third kappa shape index (κ3) is 1.77. The van der Waals surface area contributed by atoms with Crippen molar-refractivity contribution in [2.75, 3.05) is 0 Å². The molecule has 0 bridgehead atoms. The van der Waals surface area contributed by atoms with Crippen molar-refractivity contribution in [2.24, 2.45) is 0 Å². The lowest BCUT2D eigenvalue weighted by Crippen LogP contribution is -1.90. The quantitative estimate of drug-likeness (QED) is 0.656. The standard InChI is InChI=1S/C8H11N3/c1-3-5-6-8-9-7-10-11(8)4-2/h4-7H,2-3H2,1H3/b6-5-. The highest BCUT2D eigenvalue weighted by Crippen LogP contribution is 1.97. The molecule has 58 valence electrons. The van der Waals surface area contributed by atoms with E-state index in [1.165, 1.54) is 6.33 Å². The van der Waals surface area contributed by atoms with Crippen LogP contribution in [0, 0.1) is 0 Å². The maximum Gasteiger partial charge on any atom is 0.154 e. The van der Waals surface area contributed by atoms with Crippen LogP contribution < -0.4 is 0 Å². The van der Waals surface area contributed by atoms with E-state index in [0.29, 0.717) is 0 Å². The van der Waals surface area contributed by atoms with Gasteiger partial charge in [0.05, 0.1) is 0 Å². The van der Waals surface area contributed by atoms with Crippen LogP contribution in [0.1, 0.15) is 19.2 Å². The summed E-state index contributed by atoms with van der Waals surface area (Å²) in [5, 5.41) is 3.92. The molecule has 0 saturated carbocycles. The minimum Gasteiger partial charge on any atom is -0.222 e. The lowest BCUT2D eigenvalue weighted by atomic mass is 10.4. The lowest BCUT2D eigenvalue weighted by molar-refractivity contribution is 0.923. The van der Waals surface area contributed by atoms with Gasteiger partial charge in [0.1, 0.15) is 6.33 Å². The third-order valence-electron chi connectivity index (χ3n) is 1.28.